The van der Waals surface area contributed by atoms with Gasteiger partial charge < -0.3 is 14.6 Å². The number of ether oxygens (including phenoxy) is 2. The molecule has 1 atom stereocenters. The van der Waals surface area contributed by atoms with E-state index in [2.05, 4.69) is 0 Å². The molecule has 0 radical (unpaired) electrons. The van der Waals surface area contributed by atoms with Gasteiger partial charge in [-0.25, -0.2) is 0 Å². The van der Waals surface area contributed by atoms with Crippen LogP contribution in [0.15, 0.2) is 24.3 Å². The first-order valence-electron chi connectivity index (χ1n) is 6.01. The summed E-state index contributed by atoms with van der Waals surface area (Å²) in [7, 11) is 1.58. The van der Waals surface area contributed by atoms with Crippen LogP contribution in [0.1, 0.15) is 25.8 Å². The highest BCUT2D eigenvalue weighted by Gasteiger charge is 2.36. The number of hydrogen-bond acceptors (Lipinski definition) is 4. The lowest BCUT2D eigenvalue weighted by atomic mass is 9.79. The number of rotatable bonds is 6. The highest BCUT2D eigenvalue weighted by atomic mass is 16.5. The van der Waals surface area contributed by atoms with Crippen LogP contribution in [0.3, 0.4) is 0 Å². The Morgan fingerprint density at radius 2 is 2.17 bits per heavy atom. The van der Waals surface area contributed by atoms with E-state index in [0.29, 0.717) is 18.8 Å². The Kier molecular flexibility index (Phi) is 5.16. The lowest BCUT2D eigenvalue weighted by Gasteiger charge is -2.27. The summed E-state index contributed by atoms with van der Waals surface area (Å²) in [5.74, 6) is 0.355. The summed E-state index contributed by atoms with van der Waals surface area (Å²) in [5.41, 5.74) is -0.0615. The Morgan fingerprint density at radius 1 is 1.44 bits per heavy atom. The van der Waals surface area contributed by atoms with Gasteiger partial charge in [-0.15, -0.1) is 0 Å². The van der Waals surface area contributed by atoms with Crippen molar-refractivity contribution in [1.82, 2.24) is 0 Å². The maximum Gasteiger partial charge on any atom is 0.316 e. The molecule has 0 spiro atoms. The van der Waals surface area contributed by atoms with Gasteiger partial charge in [-0.05, 0) is 38.0 Å². The van der Waals surface area contributed by atoms with Gasteiger partial charge in [0, 0.05) is 6.61 Å². The van der Waals surface area contributed by atoms with Crippen LogP contribution in [-0.4, -0.2) is 31.4 Å². The average Bonchev–Trinajstić information content (AvgIpc) is 2.39. The number of carbonyl (C=O) groups excluding carboxylic acids is 1. The molecule has 0 amide bonds. The van der Waals surface area contributed by atoms with E-state index in [1.807, 2.05) is 18.2 Å². The van der Waals surface area contributed by atoms with Gasteiger partial charge in [0.1, 0.15) is 5.75 Å². The fourth-order valence-electron chi connectivity index (χ4n) is 1.84. The molecular formula is C14H20O4. The molecule has 18 heavy (non-hydrogen) atoms. The Balaban J connectivity index is 3.12. The predicted octanol–water partition coefficient (Wildman–Crippen LogP) is 1.90. The molecule has 1 rings (SSSR count). The van der Waals surface area contributed by atoms with Crippen molar-refractivity contribution in [2.24, 2.45) is 0 Å². The third-order valence-corrected chi connectivity index (χ3v) is 3.04. The standard InChI is InChI=1S/C14H20O4/c1-4-18-13(16)14(2,8-9-15)11-6-5-7-12(10-11)17-3/h5-7,10,15H,4,8-9H2,1-3H3. The second kappa shape index (κ2) is 6.40. The maximum absolute atomic E-state index is 12.1. The van der Waals surface area contributed by atoms with Crippen molar-refractivity contribution in [1.29, 1.82) is 0 Å². The molecule has 0 aliphatic heterocycles. The van der Waals surface area contributed by atoms with E-state index in [4.69, 9.17) is 14.6 Å². The third-order valence-electron chi connectivity index (χ3n) is 3.04. The van der Waals surface area contributed by atoms with Crippen molar-refractivity contribution in [3.63, 3.8) is 0 Å². The Labute approximate surface area is 108 Å². The Hall–Kier alpha value is -1.55. The van der Waals surface area contributed by atoms with Crippen molar-refractivity contribution < 1.29 is 19.4 Å². The topological polar surface area (TPSA) is 55.8 Å². The Morgan fingerprint density at radius 3 is 2.72 bits per heavy atom. The van der Waals surface area contributed by atoms with E-state index >= 15 is 0 Å². The highest BCUT2D eigenvalue weighted by molar-refractivity contribution is 5.82. The fraction of sp³-hybridized carbons (Fsp3) is 0.500. The molecule has 0 aliphatic carbocycles. The van der Waals surface area contributed by atoms with Gasteiger partial charge in [0.25, 0.3) is 0 Å². The number of aliphatic hydroxyl groups excluding tert-OH is 1. The van der Waals surface area contributed by atoms with Crippen molar-refractivity contribution >= 4 is 5.97 Å². The molecule has 4 nitrogen and oxygen atoms in total. The van der Waals surface area contributed by atoms with Crippen molar-refractivity contribution in [3.8, 4) is 5.75 Å². The first-order valence-corrected chi connectivity index (χ1v) is 6.01. The van der Waals surface area contributed by atoms with Crippen LogP contribution in [0.2, 0.25) is 0 Å². The summed E-state index contributed by atoms with van der Waals surface area (Å²) >= 11 is 0. The summed E-state index contributed by atoms with van der Waals surface area (Å²) in [6, 6.07) is 7.28. The number of hydrogen-bond donors (Lipinski definition) is 1. The second-order valence-electron chi connectivity index (χ2n) is 4.26. The first kappa shape index (κ1) is 14.5. The van der Waals surface area contributed by atoms with Crippen LogP contribution in [-0.2, 0) is 14.9 Å². The van der Waals surface area contributed by atoms with Gasteiger partial charge in [0.05, 0.1) is 19.1 Å². The number of carbonyl (C=O) groups is 1. The van der Waals surface area contributed by atoms with Gasteiger partial charge in [-0.1, -0.05) is 12.1 Å². The zero-order valence-electron chi connectivity index (χ0n) is 11.1. The monoisotopic (exact) mass is 252 g/mol. The summed E-state index contributed by atoms with van der Waals surface area (Å²) in [5, 5.41) is 9.17. The van der Waals surface area contributed by atoms with E-state index in [-0.39, 0.29) is 12.6 Å². The van der Waals surface area contributed by atoms with Gasteiger partial charge in [-0.3, -0.25) is 4.79 Å². The zero-order valence-corrected chi connectivity index (χ0v) is 11.1. The van der Waals surface area contributed by atoms with E-state index in [1.54, 1.807) is 27.0 Å². The van der Waals surface area contributed by atoms with Crippen LogP contribution in [0.4, 0.5) is 0 Å². The van der Waals surface area contributed by atoms with Crippen molar-refractivity contribution in [2.45, 2.75) is 25.7 Å². The summed E-state index contributed by atoms with van der Waals surface area (Å²) in [6.45, 7) is 3.79. The minimum atomic E-state index is -0.848. The molecule has 0 bridgehead atoms. The van der Waals surface area contributed by atoms with Crippen LogP contribution >= 0.6 is 0 Å². The Bertz CT molecular complexity index is 403. The summed E-state index contributed by atoms with van der Waals surface area (Å²) in [4.78, 5) is 12.1. The molecule has 1 unspecified atom stereocenters. The van der Waals surface area contributed by atoms with E-state index < -0.39 is 5.41 Å². The van der Waals surface area contributed by atoms with Gasteiger partial charge in [0.15, 0.2) is 0 Å². The largest absolute Gasteiger partial charge is 0.497 e. The molecule has 1 aromatic rings. The molecule has 1 N–H and O–H groups in total. The number of aliphatic hydroxyl groups is 1. The van der Waals surface area contributed by atoms with E-state index in [1.165, 1.54) is 0 Å². The smallest absolute Gasteiger partial charge is 0.316 e. The molecule has 0 aromatic heterocycles. The SMILES string of the molecule is CCOC(=O)C(C)(CCO)c1cccc(OC)c1. The third kappa shape index (κ3) is 3.01. The van der Waals surface area contributed by atoms with Gasteiger partial charge in [0.2, 0.25) is 0 Å². The molecule has 4 heteroatoms. The molecule has 0 saturated heterocycles. The highest BCUT2D eigenvalue weighted by Crippen LogP contribution is 2.31. The van der Waals surface area contributed by atoms with E-state index in [0.717, 1.165) is 5.56 Å². The lowest BCUT2D eigenvalue weighted by molar-refractivity contribution is -0.150. The van der Waals surface area contributed by atoms with Gasteiger partial charge in [-0.2, -0.15) is 0 Å². The van der Waals surface area contributed by atoms with Crippen LogP contribution < -0.4 is 4.74 Å². The normalized spacial score (nSPS) is 13.8. The minimum absolute atomic E-state index is 0.0769. The average molecular weight is 252 g/mol. The van der Waals surface area contributed by atoms with Gasteiger partial charge >= 0.3 is 5.97 Å². The number of benzene rings is 1. The molecule has 1 aromatic carbocycles. The number of methoxy groups -OCH3 is 1. The first-order chi connectivity index (χ1) is 8.58. The van der Waals surface area contributed by atoms with Crippen LogP contribution in [0, 0.1) is 0 Å². The fourth-order valence-corrected chi connectivity index (χ4v) is 1.84. The lowest BCUT2D eigenvalue weighted by Crippen LogP contribution is -2.35. The van der Waals surface area contributed by atoms with Crippen LogP contribution in [0.5, 0.6) is 5.75 Å². The number of esters is 1. The van der Waals surface area contributed by atoms with Crippen LogP contribution in [0.25, 0.3) is 0 Å². The van der Waals surface area contributed by atoms with E-state index in [9.17, 15) is 4.79 Å². The van der Waals surface area contributed by atoms with Crippen molar-refractivity contribution in [2.75, 3.05) is 20.3 Å². The predicted molar refractivity (Wildman–Crippen MR) is 68.7 cm³/mol. The molecule has 0 fully saturated rings. The molecule has 0 heterocycles. The molecular weight excluding hydrogens is 232 g/mol. The zero-order chi connectivity index (χ0) is 13.6. The summed E-state index contributed by atoms with van der Waals surface area (Å²) in [6.07, 6.45) is 0.318. The second-order valence-corrected chi connectivity index (χ2v) is 4.26. The molecule has 100 valence electrons. The maximum atomic E-state index is 12.1. The molecule has 0 saturated carbocycles. The molecule has 0 aliphatic rings. The quantitative estimate of drug-likeness (QED) is 0.786. The summed E-state index contributed by atoms with van der Waals surface area (Å²) < 4.78 is 10.2. The van der Waals surface area contributed by atoms with Crippen molar-refractivity contribution in [3.05, 3.63) is 29.8 Å². The minimum Gasteiger partial charge on any atom is -0.497 e.